The Morgan fingerprint density at radius 2 is 2.00 bits per heavy atom. The quantitative estimate of drug-likeness (QED) is 0.822. The standard InChI is InChI=1S/C11H12BrF4N/c1-2-6-17-10(11(14,15)16)7-4-3-5-8(12)9(7)13/h3-5,10,17H,2,6H2,1H3. The fraction of sp³-hybridized carbons (Fsp3) is 0.455. The summed E-state index contributed by atoms with van der Waals surface area (Å²) in [6, 6.07) is 1.92. The maximum absolute atomic E-state index is 13.6. The molecule has 1 atom stereocenters. The molecular formula is C11H12BrF4N. The molecule has 17 heavy (non-hydrogen) atoms. The lowest BCUT2D eigenvalue weighted by atomic mass is 10.1. The molecule has 0 amide bonds. The van der Waals surface area contributed by atoms with Gasteiger partial charge < -0.3 is 5.32 Å². The van der Waals surface area contributed by atoms with Crippen LogP contribution >= 0.6 is 15.9 Å². The predicted molar refractivity (Wildman–Crippen MR) is 61.2 cm³/mol. The number of benzene rings is 1. The Morgan fingerprint density at radius 1 is 1.35 bits per heavy atom. The van der Waals surface area contributed by atoms with E-state index in [1.165, 1.54) is 12.1 Å². The number of alkyl halides is 3. The highest BCUT2D eigenvalue weighted by Crippen LogP contribution is 2.35. The molecular weight excluding hydrogens is 302 g/mol. The Labute approximate surface area is 105 Å². The first-order chi connectivity index (χ1) is 7.88. The summed E-state index contributed by atoms with van der Waals surface area (Å²) >= 11 is 2.88. The summed E-state index contributed by atoms with van der Waals surface area (Å²) in [6.45, 7) is 1.92. The number of nitrogens with one attached hydrogen (secondary N) is 1. The van der Waals surface area contributed by atoms with E-state index in [0.717, 1.165) is 6.07 Å². The van der Waals surface area contributed by atoms with E-state index in [1.807, 2.05) is 0 Å². The SMILES string of the molecule is CCCNC(c1cccc(Br)c1F)C(F)(F)F. The van der Waals surface area contributed by atoms with Crippen molar-refractivity contribution in [2.45, 2.75) is 25.6 Å². The van der Waals surface area contributed by atoms with Gasteiger partial charge in [0.1, 0.15) is 11.9 Å². The minimum absolute atomic E-state index is 0.0301. The van der Waals surface area contributed by atoms with Crippen LogP contribution in [0.3, 0.4) is 0 Å². The lowest BCUT2D eigenvalue weighted by Gasteiger charge is -2.22. The molecule has 0 aromatic heterocycles. The van der Waals surface area contributed by atoms with Crippen LogP contribution in [0, 0.1) is 5.82 Å². The van der Waals surface area contributed by atoms with Crippen molar-refractivity contribution in [3.05, 3.63) is 34.1 Å². The van der Waals surface area contributed by atoms with E-state index in [-0.39, 0.29) is 16.6 Å². The Bertz CT molecular complexity index is 378. The number of rotatable bonds is 4. The molecule has 0 heterocycles. The average Bonchev–Trinajstić information content (AvgIpc) is 2.22. The average molecular weight is 314 g/mol. The lowest BCUT2D eigenvalue weighted by Crippen LogP contribution is -2.35. The normalized spacial score (nSPS) is 13.8. The van der Waals surface area contributed by atoms with Gasteiger partial charge in [0.2, 0.25) is 0 Å². The molecule has 1 rings (SSSR count). The monoisotopic (exact) mass is 313 g/mol. The van der Waals surface area contributed by atoms with Crippen molar-refractivity contribution in [3.8, 4) is 0 Å². The first-order valence-electron chi connectivity index (χ1n) is 5.12. The Balaban J connectivity index is 3.09. The highest BCUT2D eigenvalue weighted by atomic mass is 79.9. The second kappa shape index (κ2) is 5.82. The first-order valence-corrected chi connectivity index (χ1v) is 5.91. The minimum Gasteiger partial charge on any atom is -0.302 e. The van der Waals surface area contributed by atoms with Crippen LogP contribution in [0.1, 0.15) is 24.9 Å². The van der Waals surface area contributed by atoms with Gasteiger partial charge in [0.15, 0.2) is 0 Å². The van der Waals surface area contributed by atoms with Gasteiger partial charge >= 0.3 is 6.18 Å². The van der Waals surface area contributed by atoms with E-state index in [2.05, 4.69) is 21.2 Å². The van der Waals surface area contributed by atoms with Crippen LogP contribution in [0.25, 0.3) is 0 Å². The van der Waals surface area contributed by atoms with Crippen molar-refractivity contribution >= 4 is 15.9 Å². The van der Waals surface area contributed by atoms with Gasteiger partial charge in [-0.1, -0.05) is 19.1 Å². The molecule has 0 aliphatic heterocycles. The molecule has 0 bridgehead atoms. The largest absolute Gasteiger partial charge is 0.408 e. The predicted octanol–water partition coefficient (Wildman–Crippen LogP) is 4.19. The third-order valence-corrected chi connectivity index (χ3v) is 2.83. The molecule has 1 nitrogen and oxygen atoms in total. The van der Waals surface area contributed by atoms with Gasteiger partial charge in [-0.25, -0.2) is 4.39 Å². The summed E-state index contributed by atoms with van der Waals surface area (Å²) in [7, 11) is 0. The third kappa shape index (κ3) is 3.67. The fourth-order valence-electron chi connectivity index (χ4n) is 1.43. The van der Waals surface area contributed by atoms with Gasteiger partial charge in [-0.2, -0.15) is 13.2 Å². The molecule has 0 spiro atoms. The van der Waals surface area contributed by atoms with Gasteiger partial charge in [0.05, 0.1) is 4.47 Å². The topological polar surface area (TPSA) is 12.0 Å². The molecule has 1 aromatic rings. The lowest BCUT2D eigenvalue weighted by molar-refractivity contribution is -0.158. The zero-order valence-corrected chi connectivity index (χ0v) is 10.7. The van der Waals surface area contributed by atoms with Crippen molar-refractivity contribution in [2.24, 2.45) is 0 Å². The molecule has 0 radical (unpaired) electrons. The molecule has 0 fully saturated rings. The molecule has 1 aromatic carbocycles. The van der Waals surface area contributed by atoms with Gasteiger partial charge in [0, 0.05) is 5.56 Å². The molecule has 1 unspecified atom stereocenters. The van der Waals surface area contributed by atoms with E-state index < -0.39 is 18.0 Å². The number of hydrogen-bond donors (Lipinski definition) is 1. The van der Waals surface area contributed by atoms with Crippen LogP contribution in [-0.4, -0.2) is 12.7 Å². The highest BCUT2D eigenvalue weighted by Gasteiger charge is 2.41. The van der Waals surface area contributed by atoms with Crippen LogP contribution in [0.2, 0.25) is 0 Å². The van der Waals surface area contributed by atoms with Crippen LogP contribution in [-0.2, 0) is 0 Å². The molecule has 0 saturated carbocycles. The van der Waals surface area contributed by atoms with E-state index in [9.17, 15) is 17.6 Å². The number of hydrogen-bond acceptors (Lipinski definition) is 1. The van der Waals surface area contributed by atoms with E-state index in [1.54, 1.807) is 6.92 Å². The zero-order chi connectivity index (χ0) is 13.1. The van der Waals surface area contributed by atoms with Crippen molar-refractivity contribution in [1.29, 1.82) is 0 Å². The summed E-state index contributed by atoms with van der Waals surface area (Å²) in [5, 5.41) is 2.31. The van der Waals surface area contributed by atoms with Crippen LogP contribution in [0.4, 0.5) is 17.6 Å². The maximum atomic E-state index is 13.6. The van der Waals surface area contributed by atoms with Crippen LogP contribution < -0.4 is 5.32 Å². The summed E-state index contributed by atoms with van der Waals surface area (Å²) in [4.78, 5) is 0. The summed E-state index contributed by atoms with van der Waals surface area (Å²) in [6.07, 6.45) is -3.97. The van der Waals surface area contributed by atoms with Crippen LogP contribution in [0.5, 0.6) is 0 Å². The van der Waals surface area contributed by atoms with E-state index >= 15 is 0 Å². The number of halogens is 5. The summed E-state index contributed by atoms with van der Waals surface area (Å²) in [5.41, 5.74) is -0.389. The molecule has 6 heteroatoms. The van der Waals surface area contributed by atoms with Gasteiger partial charge in [-0.3, -0.25) is 0 Å². The van der Waals surface area contributed by atoms with Crippen molar-refractivity contribution in [1.82, 2.24) is 5.32 Å². The summed E-state index contributed by atoms with van der Waals surface area (Å²) in [5.74, 6) is -0.876. The molecule has 1 N–H and O–H groups in total. The molecule has 0 saturated heterocycles. The van der Waals surface area contributed by atoms with E-state index in [0.29, 0.717) is 6.42 Å². The molecule has 0 aliphatic rings. The van der Waals surface area contributed by atoms with E-state index in [4.69, 9.17) is 0 Å². The second-order valence-corrected chi connectivity index (χ2v) is 4.43. The smallest absolute Gasteiger partial charge is 0.302 e. The Morgan fingerprint density at radius 3 is 2.53 bits per heavy atom. The highest BCUT2D eigenvalue weighted by molar-refractivity contribution is 9.10. The Hall–Kier alpha value is -0.620. The molecule has 96 valence electrons. The minimum atomic E-state index is -4.52. The van der Waals surface area contributed by atoms with Gasteiger partial charge in [-0.15, -0.1) is 0 Å². The van der Waals surface area contributed by atoms with Gasteiger partial charge in [-0.05, 0) is 35.0 Å². The zero-order valence-electron chi connectivity index (χ0n) is 9.11. The van der Waals surface area contributed by atoms with Crippen molar-refractivity contribution in [2.75, 3.05) is 6.54 Å². The molecule has 0 aliphatic carbocycles. The maximum Gasteiger partial charge on any atom is 0.408 e. The summed E-state index contributed by atoms with van der Waals surface area (Å²) < 4.78 is 52.0. The van der Waals surface area contributed by atoms with Crippen LogP contribution in [0.15, 0.2) is 22.7 Å². The van der Waals surface area contributed by atoms with Crippen molar-refractivity contribution in [3.63, 3.8) is 0 Å². The third-order valence-electron chi connectivity index (χ3n) is 2.22. The van der Waals surface area contributed by atoms with Gasteiger partial charge in [0.25, 0.3) is 0 Å². The van der Waals surface area contributed by atoms with Crippen molar-refractivity contribution < 1.29 is 17.6 Å². The second-order valence-electron chi connectivity index (χ2n) is 3.57. The first kappa shape index (κ1) is 14.4. The fourth-order valence-corrected chi connectivity index (χ4v) is 1.82. The Kier molecular flexibility index (Phi) is 4.94.